The van der Waals surface area contributed by atoms with E-state index in [-0.39, 0.29) is 11.1 Å². The highest BCUT2D eigenvalue weighted by Crippen LogP contribution is 2.29. The van der Waals surface area contributed by atoms with Crippen molar-refractivity contribution in [1.29, 1.82) is 0 Å². The van der Waals surface area contributed by atoms with E-state index in [0.29, 0.717) is 28.5 Å². The number of aromatic amines is 1. The Morgan fingerprint density at radius 3 is 2.67 bits per heavy atom. The maximum atomic E-state index is 12.6. The number of aromatic nitrogens is 3. The third kappa shape index (κ3) is 3.79. The molecular formula is C19H19N5O3. The van der Waals surface area contributed by atoms with E-state index in [1.165, 1.54) is 12.4 Å². The number of nitrogens with zero attached hydrogens (tertiary/aromatic N) is 3. The largest absolute Gasteiger partial charge is 0.478 e. The van der Waals surface area contributed by atoms with Crippen molar-refractivity contribution in [2.45, 2.75) is 6.92 Å². The summed E-state index contributed by atoms with van der Waals surface area (Å²) in [6.45, 7) is 1.85. The van der Waals surface area contributed by atoms with E-state index in [2.05, 4.69) is 20.3 Å². The zero-order chi connectivity index (χ0) is 19.6. The Morgan fingerprint density at radius 2 is 2.00 bits per heavy atom. The van der Waals surface area contributed by atoms with Gasteiger partial charge in [0.05, 0.1) is 22.6 Å². The number of anilines is 3. The summed E-state index contributed by atoms with van der Waals surface area (Å²) in [6.07, 6.45) is 2.77. The summed E-state index contributed by atoms with van der Waals surface area (Å²) < 4.78 is 0. The molecule has 0 radical (unpaired) electrons. The maximum absolute atomic E-state index is 12.6. The van der Waals surface area contributed by atoms with Crippen molar-refractivity contribution in [1.82, 2.24) is 15.0 Å². The van der Waals surface area contributed by atoms with Gasteiger partial charge in [-0.15, -0.1) is 0 Å². The fourth-order valence-electron chi connectivity index (χ4n) is 2.67. The maximum Gasteiger partial charge on any atom is 0.339 e. The monoisotopic (exact) mass is 365 g/mol. The number of aryl methyl sites for hydroxylation is 1. The lowest BCUT2D eigenvalue weighted by Gasteiger charge is -2.19. The van der Waals surface area contributed by atoms with Crippen LogP contribution in [0.5, 0.6) is 0 Å². The van der Waals surface area contributed by atoms with Gasteiger partial charge < -0.3 is 20.3 Å². The van der Waals surface area contributed by atoms with Crippen LogP contribution in [-0.4, -0.2) is 40.1 Å². The molecule has 3 aromatic rings. The highest BCUT2D eigenvalue weighted by atomic mass is 16.4. The van der Waals surface area contributed by atoms with Gasteiger partial charge in [0.1, 0.15) is 11.4 Å². The molecule has 0 atom stereocenters. The number of pyridine rings is 3. The molecule has 3 rings (SSSR count). The molecule has 8 heteroatoms. The minimum absolute atomic E-state index is 0.0311. The first kappa shape index (κ1) is 18.1. The summed E-state index contributed by atoms with van der Waals surface area (Å²) >= 11 is 0. The van der Waals surface area contributed by atoms with Crippen LogP contribution in [0.3, 0.4) is 0 Å². The average molecular weight is 365 g/mol. The summed E-state index contributed by atoms with van der Waals surface area (Å²) in [5.41, 5.74) is 2.39. The second-order valence-electron chi connectivity index (χ2n) is 6.18. The molecule has 3 aromatic heterocycles. The molecule has 0 unspecified atom stereocenters. The number of nitrogens with one attached hydrogen (secondary N) is 2. The smallest absolute Gasteiger partial charge is 0.339 e. The van der Waals surface area contributed by atoms with E-state index >= 15 is 0 Å². The van der Waals surface area contributed by atoms with Crippen LogP contribution in [-0.2, 0) is 0 Å². The molecule has 0 bridgehead atoms. The van der Waals surface area contributed by atoms with Crippen LogP contribution in [0.4, 0.5) is 17.2 Å². The zero-order valence-corrected chi connectivity index (χ0v) is 15.1. The quantitative estimate of drug-likeness (QED) is 0.637. The first-order valence-electron chi connectivity index (χ1n) is 8.20. The van der Waals surface area contributed by atoms with Gasteiger partial charge in [0, 0.05) is 32.2 Å². The molecule has 0 saturated heterocycles. The average Bonchev–Trinajstić information content (AvgIpc) is 2.63. The van der Waals surface area contributed by atoms with Gasteiger partial charge in [0.15, 0.2) is 0 Å². The molecule has 0 fully saturated rings. The molecule has 0 aliphatic carbocycles. The van der Waals surface area contributed by atoms with Crippen molar-refractivity contribution in [2.24, 2.45) is 0 Å². The van der Waals surface area contributed by atoms with Gasteiger partial charge in [-0.1, -0.05) is 6.07 Å². The van der Waals surface area contributed by atoms with Gasteiger partial charge in [-0.05, 0) is 31.2 Å². The van der Waals surface area contributed by atoms with Crippen LogP contribution in [0.1, 0.15) is 16.1 Å². The Hall–Kier alpha value is -3.68. The number of carbonyl (C=O) groups is 1. The summed E-state index contributed by atoms with van der Waals surface area (Å²) in [7, 11) is 3.57. The second-order valence-corrected chi connectivity index (χ2v) is 6.18. The van der Waals surface area contributed by atoms with Gasteiger partial charge in [-0.25, -0.2) is 4.79 Å². The SMILES string of the molecule is Cc1cccc(-c2cc(Nc3ccncc3C(=O)O)c(N(C)C)[nH]c2=O)n1. The van der Waals surface area contributed by atoms with E-state index in [9.17, 15) is 14.7 Å². The predicted molar refractivity (Wildman–Crippen MR) is 104 cm³/mol. The molecule has 8 nitrogen and oxygen atoms in total. The molecule has 138 valence electrons. The fraction of sp³-hybridized carbons (Fsp3) is 0.158. The highest BCUT2D eigenvalue weighted by Gasteiger charge is 2.16. The molecule has 27 heavy (non-hydrogen) atoms. The van der Waals surface area contributed by atoms with Crippen molar-refractivity contribution in [2.75, 3.05) is 24.3 Å². The molecule has 0 amide bonds. The summed E-state index contributed by atoms with van der Waals surface area (Å²) in [5, 5.41) is 12.5. The molecule has 0 aliphatic rings. The summed E-state index contributed by atoms with van der Waals surface area (Å²) in [5.74, 6) is -0.577. The lowest BCUT2D eigenvalue weighted by atomic mass is 10.1. The van der Waals surface area contributed by atoms with E-state index in [4.69, 9.17) is 0 Å². The lowest BCUT2D eigenvalue weighted by Crippen LogP contribution is -2.20. The second kappa shape index (κ2) is 7.28. The first-order valence-corrected chi connectivity index (χ1v) is 8.20. The Bertz CT molecular complexity index is 1060. The van der Waals surface area contributed by atoms with E-state index in [1.807, 2.05) is 19.1 Å². The van der Waals surface area contributed by atoms with Crippen molar-refractivity contribution >= 4 is 23.2 Å². The number of hydrogen-bond acceptors (Lipinski definition) is 6. The van der Waals surface area contributed by atoms with Crippen LogP contribution in [0.2, 0.25) is 0 Å². The van der Waals surface area contributed by atoms with Crippen LogP contribution in [0.25, 0.3) is 11.3 Å². The molecule has 3 heterocycles. The Labute approximate surface area is 155 Å². The van der Waals surface area contributed by atoms with Gasteiger partial charge >= 0.3 is 5.97 Å². The standard InChI is InChI=1S/C19H19N5O3/c1-11-5-4-6-14(21-11)12-9-16(17(24(2)3)23-18(12)25)22-15-7-8-20-10-13(15)19(26)27/h4-10H,1-3H3,(H,20,22)(H,23,25)(H,26,27). The fourth-order valence-corrected chi connectivity index (χ4v) is 2.67. The molecule has 0 spiro atoms. The Morgan fingerprint density at radius 1 is 1.22 bits per heavy atom. The molecular weight excluding hydrogens is 346 g/mol. The van der Waals surface area contributed by atoms with E-state index in [1.54, 1.807) is 37.2 Å². The number of aromatic carboxylic acids is 1. The van der Waals surface area contributed by atoms with Crippen LogP contribution in [0.15, 0.2) is 47.5 Å². The van der Waals surface area contributed by atoms with Crippen molar-refractivity contribution in [3.8, 4) is 11.3 Å². The van der Waals surface area contributed by atoms with Crippen LogP contribution >= 0.6 is 0 Å². The third-order valence-electron chi connectivity index (χ3n) is 3.95. The van der Waals surface area contributed by atoms with E-state index in [0.717, 1.165) is 5.69 Å². The normalized spacial score (nSPS) is 10.5. The van der Waals surface area contributed by atoms with Gasteiger partial charge in [-0.3, -0.25) is 14.8 Å². The Balaban J connectivity index is 2.15. The number of rotatable bonds is 5. The zero-order valence-electron chi connectivity index (χ0n) is 15.1. The molecule has 3 N–H and O–H groups in total. The predicted octanol–water partition coefficient (Wildman–Crippen LogP) is 2.65. The van der Waals surface area contributed by atoms with Crippen molar-refractivity contribution in [3.63, 3.8) is 0 Å². The minimum Gasteiger partial charge on any atom is -0.478 e. The number of hydrogen-bond donors (Lipinski definition) is 3. The van der Waals surface area contributed by atoms with Crippen molar-refractivity contribution < 1.29 is 9.90 Å². The number of carboxylic acids is 1. The molecule has 0 saturated carbocycles. The first-order chi connectivity index (χ1) is 12.9. The summed E-state index contributed by atoms with van der Waals surface area (Å²) in [4.78, 5) is 36.9. The van der Waals surface area contributed by atoms with E-state index < -0.39 is 5.97 Å². The van der Waals surface area contributed by atoms with Gasteiger partial charge in [0.25, 0.3) is 5.56 Å². The lowest BCUT2D eigenvalue weighted by molar-refractivity contribution is 0.0697. The van der Waals surface area contributed by atoms with Crippen molar-refractivity contribution in [3.05, 3.63) is 64.3 Å². The topological polar surface area (TPSA) is 111 Å². The number of H-pyrrole nitrogens is 1. The van der Waals surface area contributed by atoms with Crippen LogP contribution in [0, 0.1) is 6.92 Å². The van der Waals surface area contributed by atoms with Gasteiger partial charge in [0.2, 0.25) is 0 Å². The molecule has 0 aliphatic heterocycles. The summed E-state index contributed by atoms with van der Waals surface area (Å²) in [6, 6.07) is 8.67. The van der Waals surface area contributed by atoms with Crippen LogP contribution < -0.4 is 15.8 Å². The van der Waals surface area contributed by atoms with Gasteiger partial charge in [-0.2, -0.15) is 0 Å². The minimum atomic E-state index is -1.10. The highest BCUT2D eigenvalue weighted by molar-refractivity contribution is 5.95. The number of carboxylic acid groups (broad SMARTS) is 1. The Kier molecular flexibility index (Phi) is 4.89. The molecule has 0 aromatic carbocycles. The third-order valence-corrected chi connectivity index (χ3v) is 3.95.